The van der Waals surface area contributed by atoms with E-state index in [1.165, 1.54) is 52.1 Å². The average molecular weight is 601 g/mol. The molecule has 4 nitrogen and oxygen atoms in total. The van der Waals surface area contributed by atoms with E-state index >= 15 is 0 Å². The Hall–Kier alpha value is -2.80. The Kier molecular flexibility index (Phi) is 9.66. The van der Waals surface area contributed by atoms with Gasteiger partial charge in [-0.1, -0.05) is 59.7 Å². The van der Waals surface area contributed by atoms with Gasteiger partial charge in [-0.05, 0) is 103 Å². The van der Waals surface area contributed by atoms with Crippen molar-refractivity contribution in [2.75, 3.05) is 38.2 Å². The number of likely N-dealkylation sites (tertiary alicyclic amines) is 1. The first-order chi connectivity index (χ1) is 20.2. The van der Waals surface area contributed by atoms with Gasteiger partial charge in [-0.25, -0.2) is 0 Å². The summed E-state index contributed by atoms with van der Waals surface area (Å²) in [5, 5.41) is 1.28. The molecule has 6 heteroatoms. The van der Waals surface area contributed by atoms with Gasteiger partial charge >= 0.3 is 0 Å². The van der Waals surface area contributed by atoms with E-state index in [0.29, 0.717) is 16.6 Å². The number of rotatable bonds is 12. The molecule has 42 heavy (non-hydrogen) atoms. The predicted octanol–water partition coefficient (Wildman–Crippen LogP) is 10.4. The third-order valence-electron chi connectivity index (χ3n) is 9.12. The van der Waals surface area contributed by atoms with E-state index in [1.54, 1.807) is 0 Å². The first kappa shape index (κ1) is 30.6. The lowest BCUT2D eigenvalue weighted by molar-refractivity contribution is 0.238. The molecular weight excluding hydrogens is 553 g/mol. The van der Waals surface area contributed by atoms with Gasteiger partial charge in [-0.3, -0.25) is 4.90 Å². The molecule has 0 amide bonds. The Morgan fingerprint density at radius 2 is 1.38 bits per heavy atom. The van der Waals surface area contributed by atoms with Crippen LogP contribution in [0.2, 0.25) is 16.6 Å². The highest BCUT2D eigenvalue weighted by Gasteiger charge is 2.47. The van der Waals surface area contributed by atoms with Gasteiger partial charge in [-0.2, -0.15) is 0 Å². The third-order valence-corrected chi connectivity index (χ3v) is 16.3. The fraction of sp³-hybridized carbons (Fsp3) is 0.444. The van der Waals surface area contributed by atoms with Crippen LogP contribution in [0.5, 0.6) is 11.5 Å². The number of benzene rings is 3. The molecule has 4 aromatic rings. The number of fused-ring (bicyclic) bond motifs is 1. The first-order valence-electron chi connectivity index (χ1n) is 15.7. The Balaban J connectivity index is 1.39. The maximum Gasteiger partial charge on any atom is 0.258 e. The Morgan fingerprint density at radius 3 is 2.00 bits per heavy atom. The van der Waals surface area contributed by atoms with E-state index < -0.39 is 8.32 Å². The summed E-state index contributed by atoms with van der Waals surface area (Å²) in [6.07, 6.45) is 2.63. The van der Waals surface area contributed by atoms with Crippen LogP contribution in [-0.4, -0.2) is 46.5 Å². The highest BCUT2D eigenvalue weighted by atomic mass is 32.1. The van der Waals surface area contributed by atoms with Gasteiger partial charge in [0.25, 0.3) is 8.32 Å². The van der Waals surface area contributed by atoms with Crippen LogP contribution in [0.3, 0.4) is 0 Å². The minimum atomic E-state index is -2.00. The second-order valence-corrected chi connectivity index (χ2v) is 19.1. The van der Waals surface area contributed by atoms with Crippen molar-refractivity contribution in [1.29, 1.82) is 0 Å². The van der Waals surface area contributed by atoms with Crippen molar-refractivity contribution in [3.05, 3.63) is 72.8 Å². The molecular formula is C36H48N2O2SSi. The molecule has 224 valence electrons. The lowest BCUT2D eigenvalue weighted by Crippen LogP contribution is -2.50. The van der Waals surface area contributed by atoms with Crippen LogP contribution in [0.25, 0.3) is 20.5 Å². The number of nitrogens with zero attached hydrogens (tertiary/aromatic N) is 2. The summed E-state index contributed by atoms with van der Waals surface area (Å²) in [7, 11) is 0.170. The summed E-state index contributed by atoms with van der Waals surface area (Å²) in [5.74, 6) is 1.93. The molecule has 1 fully saturated rings. The van der Waals surface area contributed by atoms with Gasteiger partial charge in [-0.15, -0.1) is 11.3 Å². The van der Waals surface area contributed by atoms with Gasteiger partial charge in [0.15, 0.2) is 0 Å². The zero-order valence-corrected chi connectivity index (χ0v) is 28.3. The molecule has 1 aliphatic rings. The molecule has 0 atom stereocenters. The number of hydrogen-bond acceptors (Lipinski definition) is 5. The molecule has 0 aliphatic carbocycles. The van der Waals surface area contributed by atoms with Crippen LogP contribution >= 0.6 is 11.3 Å². The van der Waals surface area contributed by atoms with Crippen molar-refractivity contribution in [3.63, 3.8) is 0 Å². The maximum atomic E-state index is 6.97. The minimum absolute atomic E-state index is 0.543. The molecule has 0 unspecified atom stereocenters. The summed E-state index contributed by atoms with van der Waals surface area (Å²) in [5.41, 5.74) is 5.24. The first-order valence-corrected chi connectivity index (χ1v) is 18.7. The van der Waals surface area contributed by atoms with Crippen LogP contribution in [0.4, 0.5) is 11.4 Å². The highest BCUT2D eigenvalue weighted by molar-refractivity contribution is 7.23. The molecule has 1 aliphatic heterocycles. The standard InChI is InChI=1S/C36H48N2O2SSi/c1-26(2)42(27(3)4,28(5)6)40-32-18-14-29(15-19-32)36-35(33-12-8-9-13-34(33)41-36)37(7)30-16-20-31(21-17-30)39-25-24-38-22-10-11-23-38/h8-9,12-21,26-28H,10-11,22-25H2,1-7H3. The molecule has 0 saturated carbocycles. The molecule has 2 heterocycles. The van der Waals surface area contributed by atoms with E-state index in [-0.39, 0.29) is 0 Å². The fourth-order valence-electron chi connectivity index (χ4n) is 6.99. The zero-order valence-electron chi connectivity index (χ0n) is 26.5. The quantitative estimate of drug-likeness (QED) is 0.151. The van der Waals surface area contributed by atoms with Gasteiger partial charge in [0.05, 0.1) is 10.6 Å². The lowest BCUT2D eigenvalue weighted by atomic mass is 10.1. The summed E-state index contributed by atoms with van der Waals surface area (Å²) < 4.78 is 14.3. The second-order valence-electron chi connectivity index (χ2n) is 12.7. The van der Waals surface area contributed by atoms with Crippen LogP contribution in [0.1, 0.15) is 54.4 Å². The average Bonchev–Trinajstić information content (AvgIpc) is 3.64. The summed E-state index contributed by atoms with van der Waals surface area (Å²) in [6.45, 7) is 18.2. The largest absolute Gasteiger partial charge is 0.543 e. The Bertz CT molecular complexity index is 1420. The summed E-state index contributed by atoms with van der Waals surface area (Å²) >= 11 is 1.86. The smallest absolute Gasteiger partial charge is 0.258 e. The minimum Gasteiger partial charge on any atom is -0.543 e. The number of thiophene rings is 1. The van der Waals surface area contributed by atoms with Crippen LogP contribution in [0.15, 0.2) is 72.8 Å². The van der Waals surface area contributed by atoms with Crippen molar-refractivity contribution < 1.29 is 9.16 Å². The van der Waals surface area contributed by atoms with Crippen molar-refractivity contribution in [2.24, 2.45) is 0 Å². The third kappa shape index (κ3) is 6.27. The number of anilines is 2. The van der Waals surface area contributed by atoms with E-state index in [0.717, 1.165) is 30.3 Å². The molecule has 5 rings (SSSR count). The van der Waals surface area contributed by atoms with Crippen LogP contribution in [-0.2, 0) is 0 Å². The van der Waals surface area contributed by atoms with E-state index in [4.69, 9.17) is 9.16 Å². The summed E-state index contributed by atoms with van der Waals surface area (Å²) in [4.78, 5) is 6.08. The molecule has 0 radical (unpaired) electrons. The Morgan fingerprint density at radius 1 is 0.786 bits per heavy atom. The van der Waals surface area contributed by atoms with Crippen LogP contribution < -0.4 is 14.1 Å². The van der Waals surface area contributed by atoms with Crippen molar-refractivity contribution >= 4 is 41.1 Å². The summed E-state index contributed by atoms with van der Waals surface area (Å²) in [6, 6.07) is 26.1. The fourth-order valence-corrected chi connectivity index (χ4v) is 13.5. The number of ether oxygens (including phenoxy) is 1. The van der Waals surface area contributed by atoms with Crippen molar-refractivity contribution in [1.82, 2.24) is 4.90 Å². The molecule has 1 saturated heterocycles. The number of hydrogen-bond donors (Lipinski definition) is 0. The Labute approximate surface area is 258 Å². The van der Waals surface area contributed by atoms with Gasteiger partial charge in [0.1, 0.15) is 18.1 Å². The van der Waals surface area contributed by atoms with Gasteiger partial charge in [0.2, 0.25) is 0 Å². The van der Waals surface area contributed by atoms with E-state index in [9.17, 15) is 0 Å². The van der Waals surface area contributed by atoms with Crippen molar-refractivity contribution in [3.8, 4) is 21.9 Å². The molecule has 1 aromatic heterocycles. The van der Waals surface area contributed by atoms with Gasteiger partial charge in [0, 0.05) is 29.4 Å². The molecule has 0 bridgehead atoms. The maximum absolute atomic E-state index is 6.97. The second kappa shape index (κ2) is 13.2. The predicted molar refractivity (Wildman–Crippen MR) is 185 cm³/mol. The lowest BCUT2D eigenvalue weighted by Gasteiger charge is -2.42. The molecule has 3 aromatic carbocycles. The SMILES string of the molecule is CC(C)[Si](Oc1ccc(-c2sc3ccccc3c2N(C)c2ccc(OCCN3CCCC3)cc2)cc1)(C(C)C)C(C)C. The highest BCUT2D eigenvalue weighted by Crippen LogP contribution is 2.47. The zero-order chi connectivity index (χ0) is 29.9. The topological polar surface area (TPSA) is 24.9 Å². The van der Waals surface area contributed by atoms with Crippen molar-refractivity contribution in [2.45, 2.75) is 71.0 Å². The van der Waals surface area contributed by atoms with Gasteiger partial charge < -0.3 is 14.1 Å². The molecule has 0 spiro atoms. The monoisotopic (exact) mass is 600 g/mol. The van der Waals surface area contributed by atoms with Crippen LogP contribution in [0, 0.1) is 0 Å². The van der Waals surface area contributed by atoms with E-state index in [2.05, 4.69) is 131 Å². The normalized spacial score (nSPS) is 14.4. The van der Waals surface area contributed by atoms with E-state index in [1.807, 2.05) is 11.3 Å². The molecule has 0 N–H and O–H groups in total.